The second-order valence-corrected chi connectivity index (χ2v) is 13.3. The SMILES string of the molecule is Cc1ccc(N2C(=O)CCC[C@H]2c2nc3cc(-c4c(C)noc4C)ccc3n2[C@@H]2CCN(S(C)(=O)=O)C2)cc1Cl. The zero-order valence-corrected chi connectivity index (χ0v) is 24.6. The van der Waals surface area contributed by atoms with Gasteiger partial charge in [0.25, 0.3) is 0 Å². The molecule has 0 unspecified atom stereocenters. The highest BCUT2D eigenvalue weighted by Gasteiger charge is 2.38. The highest BCUT2D eigenvalue weighted by Crippen LogP contribution is 2.41. The lowest BCUT2D eigenvalue weighted by molar-refractivity contribution is -0.120. The molecule has 2 saturated heterocycles. The number of hydrogen-bond acceptors (Lipinski definition) is 6. The van der Waals surface area contributed by atoms with Crippen LogP contribution in [0, 0.1) is 20.8 Å². The molecule has 0 aliphatic carbocycles. The monoisotopic (exact) mass is 581 g/mol. The van der Waals surface area contributed by atoms with E-state index in [0.717, 1.165) is 63.5 Å². The third-order valence-electron chi connectivity index (χ3n) is 8.18. The molecule has 4 aromatic rings. The lowest BCUT2D eigenvalue weighted by atomic mass is 9.99. The number of piperidine rings is 1. The van der Waals surface area contributed by atoms with Crippen molar-refractivity contribution >= 4 is 44.3 Å². The van der Waals surface area contributed by atoms with E-state index in [0.29, 0.717) is 31.0 Å². The van der Waals surface area contributed by atoms with Gasteiger partial charge in [0.15, 0.2) is 0 Å². The lowest BCUT2D eigenvalue weighted by Crippen LogP contribution is -2.40. The molecular formula is C29H32ClN5O4S. The van der Waals surface area contributed by atoms with Crippen molar-refractivity contribution in [3.63, 3.8) is 0 Å². The average molecular weight is 582 g/mol. The molecule has 6 rings (SSSR count). The summed E-state index contributed by atoms with van der Waals surface area (Å²) in [5.74, 6) is 1.52. The van der Waals surface area contributed by atoms with Gasteiger partial charge in [-0.05, 0) is 75.4 Å². The number of nitrogens with zero attached hydrogens (tertiary/aromatic N) is 5. The predicted molar refractivity (Wildman–Crippen MR) is 155 cm³/mol. The summed E-state index contributed by atoms with van der Waals surface area (Å²) in [5, 5.41) is 4.71. The Balaban J connectivity index is 1.52. The Morgan fingerprint density at radius 1 is 1.07 bits per heavy atom. The molecule has 0 spiro atoms. The first-order valence-electron chi connectivity index (χ1n) is 13.5. The Morgan fingerprint density at radius 2 is 1.88 bits per heavy atom. The lowest BCUT2D eigenvalue weighted by Gasteiger charge is -2.36. The smallest absolute Gasteiger partial charge is 0.227 e. The fourth-order valence-corrected chi connectivity index (χ4v) is 7.23. The number of aromatic nitrogens is 3. The number of anilines is 1. The fraction of sp³-hybridized carbons (Fsp3) is 0.414. The van der Waals surface area contributed by atoms with Crippen LogP contribution in [0.1, 0.15) is 60.6 Å². The molecule has 11 heteroatoms. The number of amides is 1. The van der Waals surface area contributed by atoms with E-state index < -0.39 is 10.0 Å². The fourth-order valence-electron chi connectivity index (χ4n) is 6.18. The topological polar surface area (TPSA) is 102 Å². The van der Waals surface area contributed by atoms with Gasteiger partial charge in [-0.3, -0.25) is 4.79 Å². The molecule has 4 heterocycles. The van der Waals surface area contributed by atoms with Gasteiger partial charge in [-0.15, -0.1) is 0 Å². The molecule has 0 bridgehead atoms. The molecule has 210 valence electrons. The molecule has 2 aromatic heterocycles. The second kappa shape index (κ2) is 10.0. The number of benzene rings is 2. The van der Waals surface area contributed by atoms with E-state index in [1.54, 1.807) is 0 Å². The summed E-state index contributed by atoms with van der Waals surface area (Å²) in [5.41, 5.74) is 6.06. The molecule has 2 aliphatic heterocycles. The Morgan fingerprint density at radius 3 is 2.55 bits per heavy atom. The molecule has 2 atom stereocenters. The first-order valence-corrected chi connectivity index (χ1v) is 15.7. The first kappa shape index (κ1) is 27.0. The zero-order chi connectivity index (χ0) is 28.3. The van der Waals surface area contributed by atoms with Gasteiger partial charge in [0.1, 0.15) is 11.6 Å². The average Bonchev–Trinajstić information content (AvgIpc) is 3.62. The Kier molecular flexibility index (Phi) is 6.75. The second-order valence-electron chi connectivity index (χ2n) is 10.9. The highest BCUT2D eigenvalue weighted by atomic mass is 35.5. The van der Waals surface area contributed by atoms with Gasteiger partial charge in [0, 0.05) is 35.8 Å². The van der Waals surface area contributed by atoms with Crippen molar-refractivity contribution in [1.29, 1.82) is 0 Å². The number of carbonyl (C=O) groups is 1. The van der Waals surface area contributed by atoms with Crippen LogP contribution in [0.3, 0.4) is 0 Å². The minimum atomic E-state index is -3.33. The number of imidazole rings is 1. The number of sulfonamides is 1. The third-order valence-corrected chi connectivity index (χ3v) is 9.86. The standard InChI is InChI=1S/C29H32ClN5O4S/c1-17-8-10-21(15-23(17)30)34-26(6-5-7-27(34)36)29-31-24-14-20(28-18(2)32-39-19(28)3)9-11-25(24)35(29)22-12-13-33(16-22)40(4,37)38/h8-11,14-15,22,26H,5-7,12-13,16H2,1-4H3/t22-,26+/m1/s1. The summed E-state index contributed by atoms with van der Waals surface area (Å²) in [4.78, 5) is 20.4. The van der Waals surface area contributed by atoms with Crippen molar-refractivity contribution in [2.24, 2.45) is 0 Å². The third kappa shape index (κ3) is 4.61. The van der Waals surface area contributed by atoms with E-state index >= 15 is 0 Å². The summed E-state index contributed by atoms with van der Waals surface area (Å²) < 4.78 is 33.9. The van der Waals surface area contributed by atoms with Gasteiger partial charge in [-0.1, -0.05) is 28.9 Å². The van der Waals surface area contributed by atoms with Crippen LogP contribution >= 0.6 is 11.6 Å². The van der Waals surface area contributed by atoms with Gasteiger partial charge in [0.2, 0.25) is 15.9 Å². The molecule has 9 nitrogen and oxygen atoms in total. The quantitative estimate of drug-likeness (QED) is 0.298. The van der Waals surface area contributed by atoms with Crippen LogP contribution in [0.15, 0.2) is 40.9 Å². The summed E-state index contributed by atoms with van der Waals surface area (Å²) in [7, 11) is -3.33. The van der Waals surface area contributed by atoms with Crippen LogP contribution in [0.5, 0.6) is 0 Å². The minimum absolute atomic E-state index is 0.0235. The molecule has 2 fully saturated rings. The Labute approximate surface area is 238 Å². The van der Waals surface area contributed by atoms with E-state index in [9.17, 15) is 13.2 Å². The normalized spacial score (nSPS) is 20.6. The maximum absolute atomic E-state index is 13.4. The molecule has 40 heavy (non-hydrogen) atoms. The van der Waals surface area contributed by atoms with Crippen LogP contribution in [-0.2, 0) is 14.8 Å². The molecule has 0 saturated carbocycles. The number of fused-ring (bicyclic) bond motifs is 1. The van der Waals surface area contributed by atoms with Gasteiger partial charge in [0.05, 0.1) is 35.1 Å². The van der Waals surface area contributed by atoms with Gasteiger partial charge in [-0.25, -0.2) is 17.7 Å². The Bertz CT molecular complexity index is 1720. The van der Waals surface area contributed by atoms with Gasteiger partial charge < -0.3 is 14.0 Å². The summed E-state index contributed by atoms with van der Waals surface area (Å²) in [6, 6.07) is 11.4. The largest absolute Gasteiger partial charge is 0.361 e. The molecular weight excluding hydrogens is 550 g/mol. The van der Waals surface area contributed by atoms with Gasteiger partial charge >= 0.3 is 0 Å². The molecule has 2 aliphatic rings. The van der Waals surface area contributed by atoms with Crippen molar-refractivity contribution in [2.75, 3.05) is 24.2 Å². The highest BCUT2D eigenvalue weighted by molar-refractivity contribution is 7.88. The van der Waals surface area contributed by atoms with Crippen molar-refractivity contribution in [3.05, 3.63) is 64.3 Å². The number of rotatable bonds is 5. The van der Waals surface area contributed by atoms with E-state index in [2.05, 4.69) is 9.72 Å². The molecule has 2 aromatic carbocycles. The summed E-state index contributed by atoms with van der Waals surface area (Å²) in [6.07, 6.45) is 3.84. The number of carbonyl (C=O) groups excluding carboxylic acids is 1. The first-order chi connectivity index (χ1) is 19.0. The van der Waals surface area contributed by atoms with Crippen molar-refractivity contribution in [2.45, 2.75) is 58.5 Å². The number of aryl methyl sites for hydroxylation is 3. The van der Waals surface area contributed by atoms with Crippen LogP contribution in [-0.4, -0.2) is 52.7 Å². The zero-order valence-electron chi connectivity index (χ0n) is 23.0. The van der Waals surface area contributed by atoms with Crippen LogP contribution in [0.2, 0.25) is 5.02 Å². The van der Waals surface area contributed by atoms with Crippen LogP contribution in [0.4, 0.5) is 5.69 Å². The molecule has 1 amide bonds. The Hall–Kier alpha value is -3.21. The number of halogens is 1. The van der Waals surface area contributed by atoms with Crippen molar-refractivity contribution in [1.82, 2.24) is 19.0 Å². The summed E-state index contributed by atoms with van der Waals surface area (Å²) in [6.45, 7) is 6.54. The van der Waals surface area contributed by atoms with Crippen molar-refractivity contribution in [3.8, 4) is 11.1 Å². The van der Waals surface area contributed by atoms with Crippen molar-refractivity contribution < 1.29 is 17.7 Å². The maximum atomic E-state index is 13.4. The molecule has 0 radical (unpaired) electrons. The van der Waals surface area contributed by atoms with E-state index in [1.807, 2.05) is 62.1 Å². The number of hydrogen-bond donors (Lipinski definition) is 0. The van der Waals surface area contributed by atoms with E-state index in [1.165, 1.54) is 10.6 Å². The van der Waals surface area contributed by atoms with Crippen LogP contribution < -0.4 is 4.90 Å². The maximum Gasteiger partial charge on any atom is 0.227 e. The van der Waals surface area contributed by atoms with E-state index in [4.69, 9.17) is 21.1 Å². The predicted octanol–water partition coefficient (Wildman–Crippen LogP) is 5.73. The van der Waals surface area contributed by atoms with Gasteiger partial charge in [-0.2, -0.15) is 0 Å². The van der Waals surface area contributed by atoms with E-state index in [-0.39, 0.29) is 18.0 Å². The summed E-state index contributed by atoms with van der Waals surface area (Å²) >= 11 is 6.49. The van der Waals surface area contributed by atoms with Crippen LogP contribution in [0.25, 0.3) is 22.2 Å². The minimum Gasteiger partial charge on any atom is -0.361 e. The molecule has 0 N–H and O–H groups in total.